The van der Waals surface area contributed by atoms with Gasteiger partial charge in [0.05, 0.1) is 0 Å². The Labute approximate surface area is 99.9 Å². The monoisotopic (exact) mass is 239 g/mol. The number of anilines is 1. The van der Waals surface area contributed by atoms with E-state index in [1.807, 2.05) is 13.1 Å². The van der Waals surface area contributed by atoms with E-state index in [0.717, 1.165) is 28.8 Å². The number of hydrogen-bond donors (Lipinski definition) is 2. The SMILES string of the molecule is CNc1cc(SCCCO)nc(C2CC2)n1. The maximum atomic E-state index is 8.74. The number of rotatable bonds is 6. The molecule has 16 heavy (non-hydrogen) atoms. The molecule has 88 valence electrons. The maximum absolute atomic E-state index is 8.74. The molecule has 0 amide bonds. The number of nitrogens with zero attached hydrogens (tertiary/aromatic N) is 2. The summed E-state index contributed by atoms with van der Waals surface area (Å²) in [5, 5.41) is 12.8. The lowest BCUT2D eigenvalue weighted by atomic mass is 10.4. The summed E-state index contributed by atoms with van der Waals surface area (Å²) in [5.74, 6) is 3.34. The second kappa shape index (κ2) is 5.50. The van der Waals surface area contributed by atoms with Crippen molar-refractivity contribution in [2.45, 2.75) is 30.2 Å². The minimum atomic E-state index is 0.243. The normalized spacial score (nSPS) is 15.1. The van der Waals surface area contributed by atoms with Gasteiger partial charge in [0.15, 0.2) is 0 Å². The quantitative estimate of drug-likeness (QED) is 0.451. The lowest BCUT2D eigenvalue weighted by Gasteiger charge is -2.06. The van der Waals surface area contributed by atoms with Crippen molar-refractivity contribution in [1.82, 2.24) is 9.97 Å². The van der Waals surface area contributed by atoms with E-state index in [9.17, 15) is 0 Å². The number of thioether (sulfide) groups is 1. The molecule has 0 aromatic carbocycles. The zero-order valence-corrected chi connectivity index (χ0v) is 10.3. The first kappa shape index (κ1) is 11.7. The molecule has 1 aliphatic rings. The van der Waals surface area contributed by atoms with Crippen molar-refractivity contribution >= 4 is 17.6 Å². The third kappa shape index (κ3) is 3.09. The van der Waals surface area contributed by atoms with E-state index in [0.29, 0.717) is 5.92 Å². The third-order valence-electron chi connectivity index (χ3n) is 2.47. The van der Waals surface area contributed by atoms with Gasteiger partial charge in [0.1, 0.15) is 16.7 Å². The van der Waals surface area contributed by atoms with Crippen molar-refractivity contribution in [3.05, 3.63) is 11.9 Å². The van der Waals surface area contributed by atoms with E-state index in [1.54, 1.807) is 11.8 Å². The van der Waals surface area contributed by atoms with Crippen molar-refractivity contribution in [3.8, 4) is 0 Å². The minimum Gasteiger partial charge on any atom is -0.396 e. The summed E-state index contributed by atoms with van der Waals surface area (Å²) >= 11 is 1.68. The van der Waals surface area contributed by atoms with Gasteiger partial charge in [-0.1, -0.05) is 0 Å². The fourth-order valence-corrected chi connectivity index (χ4v) is 2.25. The molecule has 0 spiro atoms. The van der Waals surface area contributed by atoms with Crippen LogP contribution >= 0.6 is 11.8 Å². The zero-order valence-electron chi connectivity index (χ0n) is 9.44. The first-order valence-corrected chi connectivity index (χ1v) is 6.62. The third-order valence-corrected chi connectivity index (χ3v) is 3.47. The van der Waals surface area contributed by atoms with Gasteiger partial charge in [-0.2, -0.15) is 0 Å². The molecular formula is C11H17N3OS. The highest BCUT2D eigenvalue weighted by Gasteiger charge is 2.27. The predicted molar refractivity (Wildman–Crippen MR) is 66.0 cm³/mol. The topological polar surface area (TPSA) is 58.0 Å². The Hall–Kier alpha value is -0.810. The first-order chi connectivity index (χ1) is 7.83. The summed E-state index contributed by atoms with van der Waals surface area (Å²) in [5.41, 5.74) is 0. The molecule has 4 nitrogen and oxygen atoms in total. The fourth-order valence-electron chi connectivity index (χ4n) is 1.41. The molecule has 0 bridgehead atoms. The lowest BCUT2D eigenvalue weighted by Crippen LogP contribution is -2.00. The van der Waals surface area contributed by atoms with E-state index in [2.05, 4.69) is 15.3 Å². The minimum absolute atomic E-state index is 0.243. The second-order valence-corrected chi connectivity index (χ2v) is 5.01. The molecular weight excluding hydrogens is 222 g/mol. The van der Waals surface area contributed by atoms with Gasteiger partial charge in [-0.3, -0.25) is 0 Å². The number of aromatic nitrogens is 2. The zero-order chi connectivity index (χ0) is 11.4. The molecule has 5 heteroatoms. The smallest absolute Gasteiger partial charge is 0.135 e. The van der Waals surface area contributed by atoms with Crippen LogP contribution in [0.15, 0.2) is 11.1 Å². The molecule has 1 heterocycles. The van der Waals surface area contributed by atoms with Crippen LogP contribution < -0.4 is 5.32 Å². The Balaban J connectivity index is 2.06. The van der Waals surface area contributed by atoms with Crippen LogP contribution in [0.4, 0.5) is 5.82 Å². The van der Waals surface area contributed by atoms with Crippen molar-refractivity contribution in [2.24, 2.45) is 0 Å². The van der Waals surface area contributed by atoms with Gasteiger partial charge in [0, 0.05) is 31.4 Å². The van der Waals surface area contributed by atoms with Crippen molar-refractivity contribution in [3.63, 3.8) is 0 Å². The molecule has 0 radical (unpaired) electrons. The van der Waals surface area contributed by atoms with E-state index in [-0.39, 0.29) is 6.61 Å². The lowest BCUT2D eigenvalue weighted by molar-refractivity contribution is 0.296. The van der Waals surface area contributed by atoms with E-state index in [4.69, 9.17) is 5.11 Å². The van der Waals surface area contributed by atoms with Gasteiger partial charge < -0.3 is 10.4 Å². The largest absolute Gasteiger partial charge is 0.396 e. The number of hydrogen-bond acceptors (Lipinski definition) is 5. The van der Waals surface area contributed by atoms with Crippen LogP contribution in [0.25, 0.3) is 0 Å². The molecule has 0 saturated heterocycles. The number of aliphatic hydroxyl groups excluding tert-OH is 1. The van der Waals surface area contributed by atoms with Crippen LogP contribution in [0.5, 0.6) is 0 Å². The van der Waals surface area contributed by atoms with Gasteiger partial charge in [-0.05, 0) is 19.3 Å². The first-order valence-electron chi connectivity index (χ1n) is 5.64. The van der Waals surface area contributed by atoms with Crippen LogP contribution in [0, 0.1) is 0 Å². The summed E-state index contributed by atoms with van der Waals surface area (Å²) in [7, 11) is 1.88. The summed E-state index contributed by atoms with van der Waals surface area (Å²) in [6.45, 7) is 0.243. The van der Waals surface area contributed by atoms with Crippen LogP contribution in [-0.2, 0) is 0 Å². The van der Waals surface area contributed by atoms with Gasteiger partial charge >= 0.3 is 0 Å². The number of nitrogens with one attached hydrogen (secondary N) is 1. The van der Waals surface area contributed by atoms with Gasteiger partial charge in [-0.15, -0.1) is 11.8 Å². The van der Waals surface area contributed by atoms with E-state index >= 15 is 0 Å². The van der Waals surface area contributed by atoms with Crippen LogP contribution in [-0.4, -0.2) is 34.5 Å². The van der Waals surface area contributed by atoms with Crippen LogP contribution in [0.1, 0.15) is 31.0 Å². The van der Waals surface area contributed by atoms with Gasteiger partial charge in [0.2, 0.25) is 0 Å². The van der Waals surface area contributed by atoms with Gasteiger partial charge in [-0.25, -0.2) is 9.97 Å². The maximum Gasteiger partial charge on any atom is 0.135 e. The summed E-state index contributed by atoms with van der Waals surface area (Å²) in [4.78, 5) is 9.00. The molecule has 0 atom stereocenters. The van der Waals surface area contributed by atoms with Crippen molar-refractivity contribution in [1.29, 1.82) is 0 Å². The van der Waals surface area contributed by atoms with Gasteiger partial charge in [0.25, 0.3) is 0 Å². The Kier molecular flexibility index (Phi) is 4.01. The molecule has 1 aromatic heterocycles. The highest BCUT2D eigenvalue weighted by atomic mass is 32.2. The Morgan fingerprint density at radius 2 is 2.31 bits per heavy atom. The molecule has 1 fully saturated rings. The average Bonchev–Trinajstić information content (AvgIpc) is 3.13. The van der Waals surface area contributed by atoms with E-state index < -0.39 is 0 Å². The van der Waals surface area contributed by atoms with Crippen molar-refractivity contribution < 1.29 is 5.11 Å². The highest BCUT2D eigenvalue weighted by molar-refractivity contribution is 7.99. The summed E-state index contributed by atoms with van der Waals surface area (Å²) in [6, 6.07) is 1.97. The van der Waals surface area contributed by atoms with Crippen LogP contribution in [0.2, 0.25) is 0 Å². The fraction of sp³-hybridized carbons (Fsp3) is 0.636. The predicted octanol–water partition coefficient (Wildman–Crippen LogP) is 1.87. The van der Waals surface area contributed by atoms with E-state index in [1.165, 1.54) is 12.8 Å². The average molecular weight is 239 g/mol. The Bertz CT molecular complexity index is 355. The highest BCUT2D eigenvalue weighted by Crippen LogP contribution is 2.39. The number of aliphatic hydroxyl groups is 1. The molecule has 1 saturated carbocycles. The molecule has 1 aliphatic carbocycles. The summed E-state index contributed by atoms with van der Waals surface area (Å²) in [6.07, 6.45) is 3.24. The van der Waals surface area contributed by atoms with Crippen molar-refractivity contribution in [2.75, 3.05) is 24.7 Å². The molecule has 2 rings (SSSR count). The molecule has 1 aromatic rings. The molecule has 0 aliphatic heterocycles. The Morgan fingerprint density at radius 1 is 1.50 bits per heavy atom. The second-order valence-electron chi connectivity index (χ2n) is 3.90. The van der Waals surface area contributed by atoms with Crippen LogP contribution in [0.3, 0.4) is 0 Å². The summed E-state index contributed by atoms with van der Waals surface area (Å²) < 4.78 is 0. The standard InChI is InChI=1S/C11H17N3OS/c1-12-9-7-10(16-6-2-5-15)14-11(13-9)8-3-4-8/h7-8,15H,2-6H2,1H3,(H,12,13,14). The molecule has 2 N–H and O–H groups in total. The molecule has 0 unspecified atom stereocenters. The Morgan fingerprint density at radius 3 is 2.94 bits per heavy atom.